The topological polar surface area (TPSA) is 25.8 Å². The molecule has 1 rings (SSSR count). The van der Waals surface area contributed by atoms with Gasteiger partial charge in [-0.25, -0.2) is 9.97 Å². The fourth-order valence-electron chi connectivity index (χ4n) is 0.928. The summed E-state index contributed by atoms with van der Waals surface area (Å²) < 4.78 is 0. The number of aromatic nitrogens is 2. The van der Waals surface area contributed by atoms with Gasteiger partial charge in [0.1, 0.15) is 5.82 Å². The highest BCUT2D eigenvalue weighted by Gasteiger charge is 1.95. The van der Waals surface area contributed by atoms with E-state index in [9.17, 15) is 0 Å². The van der Waals surface area contributed by atoms with Gasteiger partial charge in [0, 0.05) is 17.5 Å². The quantitative estimate of drug-likeness (QED) is 0.620. The molecular weight excluding hydrogens is 148 g/mol. The SMILES string of the molecule is C=C/C=C/c1cnc(C)nc1C. The molecule has 0 bridgehead atoms. The fourth-order valence-corrected chi connectivity index (χ4v) is 0.928. The van der Waals surface area contributed by atoms with Crippen LogP contribution in [-0.4, -0.2) is 9.97 Å². The normalized spacial score (nSPS) is 10.5. The summed E-state index contributed by atoms with van der Waals surface area (Å²) in [6.07, 6.45) is 7.37. The first-order valence-corrected chi connectivity index (χ1v) is 3.83. The molecule has 1 heterocycles. The van der Waals surface area contributed by atoms with E-state index in [4.69, 9.17) is 0 Å². The molecule has 2 nitrogen and oxygen atoms in total. The van der Waals surface area contributed by atoms with Gasteiger partial charge < -0.3 is 0 Å². The lowest BCUT2D eigenvalue weighted by Gasteiger charge is -1.98. The number of nitrogens with zero attached hydrogens (tertiary/aromatic N) is 2. The van der Waals surface area contributed by atoms with Crippen molar-refractivity contribution in [3.63, 3.8) is 0 Å². The summed E-state index contributed by atoms with van der Waals surface area (Å²) in [6, 6.07) is 0. The Morgan fingerprint density at radius 1 is 1.42 bits per heavy atom. The Labute approximate surface area is 72.7 Å². The van der Waals surface area contributed by atoms with Crippen LogP contribution >= 0.6 is 0 Å². The molecule has 62 valence electrons. The lowest BCUT2D eigenvalue weighted by Crippen LogP contribution is -1.92. The van der Waals surface area contributed by atoms with Crippen LogP contribution in [-0.2, 0) is 0 Å². The third-order valence-electron chi connectivity index (χ3n) is 1.55. The van der Waals surface area contributed by atoms with E-state index < -0.39 is 0 Å². The molecule has 0 amide bonds. The third-order valence-corrected chi connectivity index (χ3v) is 1.55. The number of aryl methyl sites for hydroxylation is 2. The molecule has 2 heteroatoms. The summed E-state index contributed by atoms with van der Waals surface area (Å²) in [5.41, 5.74) is 2.04. The van der Waals surface area contributed by atoms with Gasteiger partial charge in [-0.1, -0.05) is 24.8 Å². The van der Waals surface area contributed by atoms with Gasteiger partial charge in [-0.05, 0) is 13.8 Å². The van der Waals surface area contributed by atoms with E-state index in [2.05, 4.69) is 16.5 Å². The average molecular weight is 160 g/mol. The lowest BCUT2D eigenvalue weighted by molar-refractivity contribution is 1.00. The maximum absolute atomic E-state index is 4.23. The predicted molar refractivity (Wildman–Crippen MR) is 50.7 cm³/mol. The Bertz CT molecular complexity index is 314. The number of hydrogen-bond acceptors (Lipinski definition) is 2. The number of rotatable bonds is 2. The summed E-state index contributed by atoms with van der Waals surface area (Å²) >= 11 is 0. The highest BCUT2D eigenvalue weighted by molar-refractivity contribution is 5.51. The van der Waals surface area contributed by atoms with Crippen molar-refractivity contribution < 1.29 is 0 Å². The van der Waals surface area contributed by atoms with Gasteiger partial charge in [-0.15, -0.1) is 0 Å². The summed E-state index contributed by atoms with van der Waals surface area (Å²) in [5, 5.41) is 0. The Kier molecular flexibility index (Phi) is 2.75. The van der Waals surface area contributed by atoms with E-state index >= 15 is 0 Å². The highest BCUT2D eigenvalue weighted by Crippen LogP contribution is 2.05. The maximum Gasteiger partial charge on any atom is 0.125 e. The van der Waals surface area contributed by atoms with E-state index in [0.29, 0.717) is 0 Å². The van der Waals surface area contributed by atoms with Crippen molar-refractivity contribution >= 4 is 6.08 Å². The van der Waals surface area contributed by atoms with Gasteiger partial charge in [-0.3, -0.25) is 0 Å². The smallest absolute Gasteiger partial charge is 0.125 e. The average Bonchev–Trinajstić information content (AvgIpc) is 2.03. The highest BCUT2D eigenvalue weighted by atomic mass is 14.9. The minimum atomic E-state index is 0.809. The van der Waals surface area contributed by atoms with Crippen LogP contribution in [0.5, 0.6) is 0 Å². The van der Waals surface area contributed by atoms with Crippen LogP contribution < -0.4 is 0 Å². The van der Waals surface area contributed by atoms with Crippen LogP contribution in [0.2, 0.25) is 0 Å². The van der Waals surface area contributed by atoms with Crippen LogP contribution in [0.15, 0.2) is 24.9 Å². The molecule has 0 unspecified atom stereocenters. The van der Waals surface area contributed by atoms with Crippen LogP contribution in [0.25, 0.3) is 6.08 Å². The van der Waals surface area contributed by atoms with Crippen molar-refractivity contribution in [2.45, 2.75) is 13.8 Å². The molecule has 0 aliphatic heterocycles. The Morgan fingerprint density at radius 2 is 2.17 bits per heavy atom. The van der Waals surface area contributed by atoms with Crippen molar-refractivity contribution in [2.24, 2.45) is 0 Å². The van der Waals surface area contributed by atoms with Crippen LogP contribution in [0, 0.1) is 13.8 Å². The van der Waals surface area contributed by atoms with E-state index in [0.717, 1.165) is 17.1 Å². The van der Waals surface area contributed by atoms with Crippen molar-refractivity contribution in [1.82, 2.24) is 9.97 Å². The summed E-state index contributed by atoms with van der Waals surface area (Å²) in [4.78, 5) is 8.33. The largest absolute Gasteiger partial charge is 0.241 e. The van der Waals surface area contributed by atoms with Crippen LogP contribution in [0.3, 0.4) is 0 Å². The Morgan fingerprint density at radius 3 is 2.75 bits per heavy atom. The third kappa shape index (κ3) is 2.02. The second kappa shape index (κ2) is 3.81. The first kappa shape index (κ1) is 8.65. The molecule has 0 aliphatic carbocycles. The van der Waals surface area contributed by atoms with Crippen molar-refractivity contribution in [2.75, 3.05) is 0 Å². The second-order valence-corrected chi connectivity index (χ2v) is 2.55. The van der Waals surface area contributed by atoms with E-state index in [1.165, 1.54) is 0 Å². The van der Waals surface area contributed by atoms with Crippen LogP contribution in [0.4, 0.5) is 0 Å². The first-order chi connectivity index (χ1) is 5.74. The molecule has 0 saturated heterocycles. The minimum absolute atomic E-state index is 0.809. The standard InChI is InChI=1S/C10H12N2/c1-4-5-6-10-7-11-9(3)12-8(10)2/h4-7H,1H2,2-3H3/b6-5+. The van der Waals surface area contributed by atoms with E-state index in [-0.39, 0.29) is 0 Å². The molecule has 0 N–H and O–H groups in total. The van der Waals surface area contributed by atoms with Crippen molar-refractivity contribution in [3.8, 4) is 0 Å². The van der Waals surface area contributed by atoms with Gasteiger partial charge in [0.15, 0.2) is 0 Å². The summed E-state index contributed by atoms with van der Waals surface area (Å²) in [5.74, 6) is 0.809. The molecule has 0 radical (unpaired) electrons. The Hall–Kier alpha value is -1.44. The second-order valence-electron chi connectivity index (χ2n) is 2.55. The maximum atomic E-state index is 4.23. The molecule has 12 heavy (non-hydrogen) atoms. The van der Waals surface area contributed by atoms with Gasteiger partial charge in [0.2, 0.25) is 0 Å². The zero-order valence-corrected chi connectivity index (χ0v) is 7.41. The Balaban J connectivity index is 3.01. The molecule has 0 atom stereocenters. The molecule has 1 aromatic rings. The first-order valence-electron chi connectivity index (χ1n) is 3.83. The number of hydrogen-bond donors (Lipinski definition) is 0. The van der Waals surface area contributed by atoms with Gasteiger partial charge in [0.05, 0.1) is 0 Å². The fraction of sp³-hybridized carbons (Fsp3) is 0.200. The zero-order valence-electron chi connectivity index (χ0n) is 7.41. The number of allylic oxidation sites excluding steroid dienone is 2. The molecule has 1 aromatic heterocycles. The predicted octanol–water partition coefficient (Wildman–Crippen LogP) is 2.29. The zero-order chi connectivity index (χ0) is 8.97. The van der Waals surface area contributed by atoms with Gasteiger partial charge in [0.25, 0.3) is 0 Å². The minimum Gasteiger partial charge on any atom is -0.241 e. The summed E-state index contributed by atoms with van der Waals surface area (Å²) in [6.45, 7) is 7.45. The molecule has 0 spiro atoms. The summed E-state index contributed by atoms with van der Waals surface area (Å²) in [7, 11) is 0. The molecule has 0 aliphatic rings. The van der Waals surface area contributed by atoms with E-state index in [1.807, 2.05) is 32.2 Å². The lowest BCUT2D eigenvalue weighted by atomic mass is 10.2. The van der Waals surface area contributed by atoms with Crippen molar-refractivity contribution in [1.29, 1.82) is 0 Å². The molecule has 0 aromatic carbocycles. The van der Waals surface area contributed by atoms with Crippen LogP contribution in [0.1, 0.15) is 17.1 Å². The molecule has 0 saturated carbocycles. The van der Waals surface area contributed by atoms with E-state index in [1.54, 1.807) is 6.08 Å². The van der Waals surface area contributed by atoms with Gasteiger partial charge in [-0.2, -0.15) is 0 Å². The molecular formula is C10H12N2. The molecule has 0 fully saturated rings. The van der Waals surface area contributed by atoms with Gasteiger partial charge >= 0.3 is 0 Å². The monoisotopic (exact) mass is 160 g/mol. The van der Waals surface area contributed by atoms with Crippen molar-refractivity contribution in [3.05, 3.63) is 42.0 Å².